The lowest BCUT2D eigenvalue weighted by molar-refractivity contribution is -0.0440. The van der Waals surface area contributed by atoms with Crippen LogP contribution in [-0.2, 0) is 14.8 Å². The van der Waals surface area contributed by atoms with Gasteiger partial charge in [0.2, 0.25) is 10.0 Å². The average Bonchev–Trinajstić information content (AvgIpc) is 2.67. The van der Waals surface area contributed by atoms with Crippen molar-refractivity contribution in [2.75, 3.05) is 18.4 Å². The number of hydrogen-bond donors (Lipinski definition) is 1. The number of benzene rings is 2. The zero-order chi connectivity index (χ0) is 21.2. The van der Waals surface area contributed by atoms with Gasteiger partial charge in [0.15, 0.2) is 0 Å². The highest BCUT2D eigenvalue weighted by Gasteiger charge is 2.32. The molecule has 1 aliphatic heterocycles. The maximum Gasteiger partial charge on any atom is 0.255 e. The maximum atomic E-state index is 12.9. The minimum atomic E-state index is -3.62. The second-order valence-corrected chi connectivity index (χ2v) is 9.77. The van der Waals surface area contributed by atoms with Crippen LogP contribution in [0.5, 0.6) is 0 Å². The fourth-order valence-corrected chi connectivity index (χ4v) is 5.00. The molecule has 0 radical (unpaired) electrons. The molecule has 0 bridgehead atoms. The number of amides is 1. The summed E-state index contributed by atoms with van der Waals surface area (Å²) in [6, 6.07) is 13.8. The Balaban J connectivity index is 1.71. The average molecular weight is 417 g/mol. The molecule has 0 aromatic heterocycles. The molecule has 7 heteroatoms. The number of anilines is 1. The third kappa shape index (κ3) is 5.04. The van der Waals surface area contributed by atoms with Gasteiger partial charge in [-0.25, -0.2) is 8.42 Å². The molecule has 1 fully saturated rings. The van der Waals surface area contributed by atoms with E-state index >= 15 is 0 Å². The van der Waals surface area contributed by atoms with E-state index in [9.17, 15) is 13.2 Å². The molecule has 29 heavy (non-hydrogen) atoms. The molecule has 1 amide bonds. The first-order valence-corrected chi connectivity index (χ1v) is 11.3. The van der Waals surface area contributed by atoms with Crippen molar-refractivity contribution in [3.8, 4) is 0 Å². The molecule has 3 rings (SSSR count). The van der Waals surface area contributed by atoms with Gasteiger partial charge in [-0.3, -0.25) is 4.79 Å². The largest absolute Gasteiger partial charge is 0.373 e. The van der Waals surface area contributed by atoms with Crippen LogP contribution in [0.2, 0.25) is 0 Å². The smallest absolute Gasteiger partial charge is 0.255 e. The fraction of sp³-hybridized carbons (Fsp3) is 0.409. The van der Waals surface area contributed by atoms with Crippen LogP contribution in [0.1, 0.15) is 49.5 Å². The molecule has 0 spiro atoms. The van der Waals surface area contributed by atoms with Crippen LogP contribution in [0.3, 0.4) is 0 Å². The quantitative estimate of drug-likeness (QED) is 0.803. The lowest BCUT2D eigenvalue weighted by atomic mass is 10.0. The van der Waals surface area contributed by atoms with Crippen molar-refractivity contribution in [2.24, 2.45) is 0 Å². The van der Waals surface area contributed by atoms with Gasteiger partial charge in [0.05, 0.1) is 17.1 Å². The molecule has 0 saturated carbocycles. The van der Waals surface area contributed by atoms with Crippen molar-refractivity contribution in [1.29, 1.82) is 0 Å². The lowest BCUT2D eigenvalue weighted by Crippen LogP contribution is -2.48. The molecule has 1 N–H and O–H groups in total. The number of nitrogens with zero attached hydrogens (tertiary/aromatic N) is 1. The number of ether oxygens (including phenoxy) is 1. The number of rotatable bonds is 5. The van der Waals surface area contributed by atoms with E-state index in [-0.39, 0.29) is 23.0 Å². The molecule has 6 nitrogen and oxygen atoms in total. The summed E-state index contributed by atoms with van der Waals surface area (Å²) in [6.45, 7) is 8.59. The Morgan fingerprint density at radius 3 is 2.07 bits per heavy atom. The number of carbonyl (C=O) groups excluding carboxylic acids is 1. The van der Waals surface area contributed by atoms with Gasteiger partial charge in [0.25, 0.3) is 5.91 Å². The minimum Gasteiger partial charge on any atom is -0.373 e. The molecule has 1 aliphatic rings. The van der Waals surface area contributed by atoms with E-state index in [1.54, 1.807) is 0 Å². The van der Waals surface area contributed by atoms with E-state index in [2.05, 4.69) is 19.2 Å². The standard InChI is InChI=1S/C22H28N2O4S/c1-15(2)18-5-9-20(10-6-18)23-22(25)19-7-11-21(12-8-19)29(26,27)24-13-16(3)28-17(4)14-24/h5-12,15-17H,13-14H2,1-4H3,(H,23,25)/t16-,17+. The summed E-state index contributed by atoms with van der Waals surface area (Å²) < 4.78 is 32.9. The van der Waals surface area contributed by atoms with Crippen molar-refractivity contribution in [1.82, 2.24) is 4.31 Å². The van der Waals surface area contributed by atoms with Crippen molar-refractivity contribution in [3.05, 3.63) is 59.7 Å². The van der Waals surface area contributed by atoms with Crippen LogP contribution < -0.4 is 5.32 Å². The molecule has 1 heterocycles. The van der Waals surface area contributed by atoms with Crippen LogP contribution in [0.25, 0.3) is 0 Å². The van der Waals surface area contributed by atoms with E-state index in [0.717, 1.165) is 0 Å². The van der Waals surface area contributed by atoms with Crippen molar-refractivity contribution >= 4 is 21.6 Å². The predicted octanol–water partition coefficient (Wildman–Crippen LogP) is 3.86. The molecule has 0 aliphatic carbocycles. The summed E-state index contributed by atoms with van der Waals surface area (Å²) in [5.41, 5.74) is 2.30. The Kier molecular flexibility index (Phi) is 6.41. The Morgan fingerprint density at radius 1 is 1.00 bits per heavy atom. The Morgan fingerprint density at radius 2 is 1.55 bits per heavy atom. The van der Waals surface area contributed by atoms with E-state index in [0.29, 0.717) is 30.3 Å². The summed E-state index contributed by atoms with van der Waals surface area (Å²) in [4.78, 5) is 12.7. The van der Waals surface area contributed by atoms with Crippen LogP contribution in [-0.4, -0.2) is 43.9 Å². The number of sulfonamides is 1. The number of morpholine rings is 1. The van der Waals surface area contributed by atoms with E-state index in [1.807, 2.05) is 38.1 Å². The summed E-state index contributed by atoms with van der Waals surface area (Å²) in [5, 5.41) is 2.84. The summed E-state index contributed by atoms with van der Waals surface area (Å²) >= 11 is 0. The Labute approximate surface area is 172 Å². The maximum absolute atomic E-state index is 12.9. The van der Waals surface area contributed by atoms with Gasteiger partial charge in [0, 0.05) is 24.3 Å². The number of hydrogen-bond acceptors (Lipinski definition) is 4. The monoisotopic (exact) mass is 416 g/mol. The van der Waals surface area contributed by atoms with Crippen molar-refractivity contribution in [3.63, 3.8) is 0 Å². The van der Waals surface area contributed by atoms with Crippen LogP contribution in [0.15, 0.2) is 53.4 Å². The van der Waals surface area contributed by atoms with Gasteiger partial charge >= 0.3 is 0 Å². The second-order valence-electron chi connectivity index (χ2n) is 7.83. The van der Waals surface area contributed by atoms with Crippen molar-refractivity contribution in [2.45, 2.75) is 50.7 Å². The Bertz CT molecular complexity index is 943. The third-order valence-corrected chi connectivity index (χ3v) is 6.82. The second kappa shape index (κ2) is 8.65. The molecule has 0 unspecified atom stereocenters. The van der Waals surface area contributed by atoms with E-state index < -0.39 is 10.0 Å². The van der Waals surface area contributed by atoms with Gasteiger partial charge in [0.1, 0.15) is 0 Å². The van der Waals surface area contributed by atoms with Crippen LogP contribution in [0.4, 0.5) is 5.69 Å². The van der Waals surface area contributed by atoms with E-state index in [4.69, 9.17) is 4.74 Å². The summed E-state index contributed by atoms with van der Waals surface area (Å²) in [7, 11) is -3.62. The first kappa shape index (κ1) is 21.5. The first-order chi connectivity index (χ1) is 13.7. The highest BCUT2D eigenvalue weighted by atomic mass is 32.2. The topological polar surface area (TPSA) is 75.7 Å². The molecule has 2 aromatic carbocycles. The molecular formula is C22H28N2O4S. The molecule has 1 saturated heterocycles. The van der Waals surface area contributed by atoms with Crippen LogP contribution >= 0.6 is 0 Å². The normalized spacial score (nSPS) is 20.6. The fourth-order valence-electron chi connectivity index (χ4n) is 3.41. The SMILES string of the molecule is CC(C)c1ccc(NC(=O)c2ccc(S(=O)(=O)N3C[C@@H](C)O[C@@H](C)C3)cc2)cc1. The Hall–Kier alpha value is -2.22. The number of carbonyl (C=O) groups is 1. The van der Waals surface area contributed by atoms with Gasteiger partial charge < -0.3 is 10.1 Å². The van der Waals surface area contributed by atoms with E-state index in [1.165, 1.54) is 34.1 Å². The zero-order valence-corrected chi connectivity index (χ0v) is 18.1. The van der Waals surface area contributed by atoms with Gasteiger partial charge in [-0.05, 0) is 61.7 Å². The van der Waals surface area contributed by atoms with Crippen molar-refractivity contribution < 1.29 is 17.9 Å². The molecule has 2 atom stereocenters. The highest BCUT2D eigenvalue weighted by molar-refractivity contribution is 7.89. The highest BCUT2D eigenvalue weighted by Crippen LogP contribution is 2.22. The van der Waals surface area contributed by atoms with Crippen LogP contribution in [0, 0.1) is 0 Å². The summed E-state index contributed by atoms with van der Waals surface area (Å²) in [5.74, 6) is 0.145. The van der Waals surface area contributed by atoms with Gasteiger partial charge in [-0.2, -0.15) is 4.31 Å². The molecule has 2 aromatic rings. The predicted molar refractivity (Wildman–Crippen MR) is 114 cm³/mol. The molecule has 156 valence electrons. The minimum absolute atomic E-state index is 0.152. The molecular weight excluding hydrogens is 388 g/mol. The number of nitrogens with one attached hydrogen (secondary N) is 1. The third-order valence-electron chi connectivity index (χ3n) is 4.98. The summed E-state index contributed by atoms with van der Waals surface area (Å²) in [6.07, 6.45) is -0.304. The van der Waals surface area contributed by atoms with Gasteiger partial charge in [-0.1, -0.05) is 26.0 Å². The lowest BCUT2D eigenvalue weighted by Gasteiger charge is -2.34. The first-order valence-electron chi connectivity index (χ1n) is 9.84. The van der Waals surface area contributed by atoms with Gasteiger partial charge in [-0.15, -0.1) is 0 Å². The zero-order valence-electron chi connectivity index (χ0n) is 17.3.